The number of carbonyl (C=O) groups is 3. The van der Waals surface area contributed by atoms with Gasteiger partial charge in [0.05, 0.1) is 24.8 Å². The lowest BCUT2D eigenvalue weighted by atomic mass is 10.1. The highest BCUT2D eigenvalue weighted by atomic mass is 32.1. The number of Topliss-reactive ketones (excluding diaryl/α,β-unsaturated/α-hetero) is 1. The fourth-order valence-electron chi connectivity index (χ4n) is 2.79. The van der Waals surface area contributed by atoms with Crippen molar-refractivity contribution in [2.75, 3.05) is 13.2 Å². The van der Waals surface area contributed by atoms with Gasteiger partial charge >= 0.3 is 5.97 Å². The molecule has 3 heterocycles. The average Bonchev–Trinajstić information content (AvgIpc) is 3.37. The summed E-state index contributed by atoms with van der Waals surface area (Å²) >= 11 is 1.22. The molecule has 1 fully saturated rings. The molecule has 1 aliphatic heterocycles. The van der Waals surface area contributed by atoms with Gasteiger partial charge in [-0.2, -0.15) is 5.26 Å². The monoisotopic (exact) mass is 387 g/mol. The second-order valence-electron chi connectivity index (χ2n) is 6.22. The molecule has 0 saturated carbocycles. The average molecular weight is 387 g/mol. The largest absolute Gasteiger partial charge is 0.467 e. The molecule has 27 heavy (non-hydrogen) atoms. The quantitative estimate of drug-likeness (QED) is 0.666. The van der Waals surface area contributed by atoms with Crippen molar-refractivity contribution in [3.05, 3.63) is 40.2 Å². The Kier molecular flexibility index (Phi) is 5.66. The number of likely N-dealkylation sites (tertiary alicyclic amines) is 1. The van der Waals surface area contributed by atoms with Gasteiger partial charge in [0.15, 0.2) is 18.3 Å². The predicted molar refractivity (Wildman–Crippen MR) is 93.4 cm³/mol. The second-order valence-corrected chi connectivity index (χ2v) is 7.11. The summed E-state index contributed by atoms with van der Waals surface area (Å²) in [5.74, 6) is -2.39. The standard InChI is InChI=1S/C18H17N3O5S/c1-11-10-27-17(20-11)14(6-19)15(22)9-26-18(24)12-5-16(23)21(7-12)8-13-3-2-4-25-13/h2-4,10,12,14H,5,7-9H2,1H3/t12-,14-/m0/s1. The van der Waals surface area contributed by atoms with Gasteiger partial charge in [-0.3, -0.25) is 14.4 Å². The molecule has 0 bridgehead atoms. The van der Waals surface area contributed by atoms with E-state index >= 15 is 0 Å². The van der Waals surface area contributed by atoms with Crippen molar-refractivity contribution in [1.82, 2.24) is 9.88 Å². The number of hydrogen-bond donors (Lipinski definition) is 0. The van der Waals surface area contributed by atoms with Crippen LogP contribution in [0.25, 0.3) is 0 Å². The number of ketones is 1. The summed E-state index contributed by atoms with van der Waals surface area (Å²) in [6.07, 6.45) is 1.55. The Morgan fingerprint density at radius 1 is 1.56 bits per heavy atom. The van der Waals surface area contributed by atoms with Crippen LogP contribution in [0.2, 0.25) is 0 Å². The Labute approximate surface area is 159 Å². The Hall–Kier alpha value is -2.99. The second kappa shape index (κ2) is 8.14. The molecule has 9 heteroatoms. The van der Waals surface area contributed by atoms with Crippen molar-refractivity contribution in [1.29, 1.82) is 5.26 Å². The number of amides is 1. The first-order valence-corrected chi connectivity index (χ1v) is 9.17. The third-order valence-corrected chi connectivity index (χ3v) is 5.19. The van der Waals surface area contributed by atoms with Gasteiger partial charge in [-0.15, -0.1) is 11.3 Å². The number of nitrogens with zero attached hydrogens (tertiary/aromatic N) is 3. The molecule has 0 spiro atoms. The molecule has 0 unspecified atom stereocenters. The number of carbonyl (C=O) groups excluding carboxylic acids is 3. The lowest BCUT2D eigenvalue weighted by Gasteiger charge is -2.14. The Balaban J connectivity index is 1.52. The van der Waals surface area contributed by atoms with Gasteiger partial charge in [0.25, 0.3) is 0 Å². The highest BCUT2D eigenvalue weighted by molar-refractivity contribution is 7.09. The van der Waals surface area contributed by atoms with E-state index in [1.165, 1.54) is 22.5 Å². The molecule has 0 aromatic carbocycles. The lowest BCUT2D eigenvalue weighted by molar-refractivity contribution is -0.152. The van der Waals surface area contributed by atoms with Crippen molar-refractivity contribution in [3.63, 3.8) is 0 Å². The molecule has 0 radical (unpaired) electrons. The molecule has 140 valence electrons. The first-order valence-electron chi connectivity index (χ1n) is 8.29. The summed E-state index contributed by atoms with van der Waals surface area (Å²) in [6, 6.07) is 5.37. The summed E-state index contributed by atoms with van der Waals surface area (Å²) in [5.41, 5.74) is 0.723. The van der Waals surface area contributed by atoms with Crippen LogP contribution in [-0.4, -0.2) is 40.7 Å². The molecule has 8 nitrogen and oxygen atoms in total. The van der Waals surface area contributed by atoms with E-state index in [2.05, 4.69) is 4.98 Å². The van der Waals surface area contributed by atoms with Gasteiger partial charge in [0, 0.05) is 24.0 Å². The number of aryl methyl sites for hydroxylation is 1. The molecule has 2 aromatic heterocycles. The van der Waals surface area contributed by atoms with E-state index in [1.807, 2.05) is 6.07 Å². The van der Waals surface area contributed by atoms with E-state index < -0.39 is 30.2 Å². The molecule has 2 atom stereocenters. The minimum atomic E-state index is -1.06. The molecule has 3 rings (SSSR count). The summed E-state index contributed by atoms with van der Waals surface area (Å²) in [4.78, 5) is 42.2. The highest BCUT2D eigenvalue weighted by Gasteiger charge is 2.36. The minimum absolute atomic E-state index is 0.0289. The van der Waals surface area contributed by atoms with Gasteiger partial charge in [-0.05, 0) is 19.1 Å². The van der Waals surface area contributed by atoms with Crippen molar-refractivity contribution in [3.8, 4) is 6.07 Å². The third-order valence-electron chi connectivity index (χ3n) is 4.17. The fraction of sp³-hybridized carbons (Fsp3) is 0.389. The normalized spacial score (nSPS) is 17.6. The maximum atomic E-state index is 12.2. The first-order chi connectivity index (χ1) is 13.0. The minimum Gasteiger partial charge on any atom is -0.467 e. The number of esters is 1. The van der Waals surface area contributed by atoms with Crippen LogP contribution >= 0.6 is 11.3 Å². The van der Waals surface area contributed by atoms with E-state index in [1.54, 1.807) is 24.4 Å². The van der Waals surface area contributed by atoms with Crippen LogP contribution in [0.5, 0.6) is 0 Å². The molecular formula is C18H17N3O5S. The molecule has 1 aliphatic rings. The summed E-state index contributed by atoms with van der Waals surface area (Å²) in [5, 5.41) is 11.4. The van der Waals surface area contributed by atoms with Crippen LogP contribution in [0.4, 0.5) is 0 Å². The van der Waals surface area contributed by atoms with Crippen molar-refractivity contribution in [2.45, 2.75) is 25.8 Å². The molecule has 0 N–H and O–H groups in total. The van der Waals surface area contributed by atoms with E-state index in [0.29, 0.717) is 10.8 Å². The number of ether oxygens (including phenoxy) is 1. The molecular weight excluding hydrogens is 370 g/mol. The molecule has 2 aromatic rings. The Morgan fingerprint density at radius 2 is 2.37 bits per heavy atom. The lowest BCUT2D eigenvalue weighted by Crippen LogP contribution is -2.27. The number of hydrogen-bond acceptors (Lipinski definition) is 8. The zero-order chi connectivity index (χ0) is 19.4. The van der Waals surface area contributed by atoms with Gasteiger partial charge in [0.2, 0.25) is 5.91 Å². The maximum absolute atomic E-state index is 12.2. The fourth-order valence-corrected chi connectivity index (χ4v) is 3.65. The van der Waals surface area contributed by atoms with Crippen LogP contribution in [0.1, 0.15) is 28.8 Å². The van der Waals surface area contributed by atoms with E-state index in [4.69, 9.17) is 9.15 Å². The highest BCUT2D eigenvalue weighted by Crippen LogP contribution is 2.23. The van der Waals surface area contributed by atoms with E-state index in [0.717, 1.165) is 5.69 Å². The number of thiazole rings is 1. The molecule has 1 saturated heterocycles. The number of furan rings is 1. The number of rotatable bonds is 7. The van der Waals surface area contributed by atoms with E-state index in [-0.39, 0.29) is 25.4 Å². The van der Waals surface area contributed by atoms with Gasteiger partial charge in [-0.1, -0.05) is 0 Å². The smallest absolute Gasteiger partial charge is 0.311 e. The summed E-state index contributed by atoms with van der Waals surface area (Å²) in [6.45, 7) is 1.75. The molecule has 1 amide bonds. The maximum Gasteiger partial charge on any atom is 0.311 e. The van der Waals surface area contributed by atoms with Crippen LogP contribution in [0, 0.1) is 24.2 Å². The van der Waals surface area contributed by atoms with Crippen LogP contribution in [0.3, 0.4) is 0 Å². The number of aromatic nitrogens is 1. The van der Waals surface area contributed by atoms with Crippen LogP contribution in [0.15, 0.2) is 28.2 Å². The predicted octanol–water partition coefficient (Wildman–Crippen LogP) is 1.81. The zero-order valence-corrected chi connectivity index (χ0v) is 15.4. The van der Waals surface area contributed by atoms with Crippen LogP contribution < -0.4 is 0 Å². The number of nitriles is 1. The Morgan fingerprint density at radius 3 is 3.00 bits per heavy atom. The summed E-state index contributed by atoms with van der Waals surface area (Å²) < 4.78 is 10.3. The van der Waals surface area contributed by atoms with Gasteiger partial charge in [0.1, 0.15) is 10.8 Å². The van der Waals surface area contributed by atoms with Crippen molar-refractivity contribution >= 4 is 29.0 Å². The van der Waals surface area contributed by atoms with Crippen LogP contribution in [-0.2, 0) is 25.7 Å². The van der Waals surface area contributed by atoms with Gasteiger partial charge in [-0.25, -0.2) is 4.98 Å². The first kappa shape index (κ1) is 18.8. The topological polar surface area (TPSA) is 113 Å². The van der Waals surface area contributed by atoms with Gasteiger partial charge < -0.3 is 14.1 Å². The van der Waals surface area contributed by atoms with Crippen molar-refractivity contribution in [2.24, 2.45) is 5.92 Å². The zero-order valence-electron chi connectivity index (χ0n) is 14.6. The van der Waals surface area contributed by atoms with E-state index in [9.17, 15) is 19.6 Å². The molecule has 0 aliphatic carbocycles. The third kappa shape index (κ3) is 4.41. The Bertz CT molecular complexity index is 883. The SMILES string of the molecule is Cc1csc([C@@H](C#N)C(=O)COC(=O)[C@H]2CC(=O)N(Cc3ccco3)C2)n1. The summed E-state index contributed by atoms with van der Waals surface area (Å²) in [7, 11) is 0. The van der Waals surface area contributed by atoms with Crippen molar-refractivity contribution < 1.29 is 23.5 Å².